The van der Waals surface area contributed by atoms with E-state index in [0.717, 1.165) is 69.8 Å². The highest BCUT2D eigenvalue weighted by atomic mass is 35.5. The van der Waals surface area contributed by atoms with Gasteiger partial charge in [0.15, 0.2) is 0 Å². The quantitative estimate of drug-likeness (QED) is 0.313. The first kappa shape index (κ1) is 29.4. The molecule has 0 aliphatic carbocycles. The van der Waals surface area contributed by atoms with Crippen LogP contribution >= 0.6 is 46.4 Å². The number of benzene rings is 2. The molecule has 0 unspecified atom stereocenters. The van der Waals surface area contributed by atoms with Gasteiger partial charge in [0.1, 0.15) is 11.6 Å². The van der Waals surface area contributed by atoms with Gasteiger partial charge in [-0.15, -0.1) is 0 Å². The SMILES string of the molecule is O=C(NCc1cc(Cl)cc(Cl)c1)c1cnc(N2CCN(C3CCN(Cc4ccc(Cl)c(F)c4)CC3)CC2)c(Cl)c1.[HH]. The molecule has 2 aromatic carbocycles. The molecular weight excluding hydrogens is 595 g/mol. The Labute approximate surface area is 255 Å². The number of halogens is 5. The molecule has 3 aromatic rings. The minimum Gasteiger partial charge on any atom is -0.353 e. The lowest BCUT2D eigenvalue weighted by Gasteiger charge is -2.43. The molecule has 3 heterocycles. The van der Waals surface area contributed by atoms with Gasteiger partial charge in [0, 0.05) is 63.0 Å². The Morgan fingerprint density at radius 2 is 1.60 bits per heavy atom. The number of anilines is 1. The van der Waals surface area contributed by atoms with Crippen molar-refractivity contribution in [2.45, 2.75) is 32.0 Å². The number of hydrogen-bond donors (Lipinski definition) is 1. The van der Waals surface area contributed by atoms with Crippen LogP contribution in [0.25, 0.3) is 0 Å². The molecule has 11 heteroatoms. The molecule has 214 valence electrons. The third-order valence-electron chi connectivity index (χ3n) is 7.54. The van der Waals surface area contributed by atoms with E-state index in [-0.39, 0.29) is 18.2 Å². The van der Waals surface area contributed by atoms with E-state index in [2.05, 4.69) is 25.0 Å². The monoisotopic (exact) mass is 625 g/mol. The number of likely N-dealkylation sites (tertiary alicyclic amines) is 1. The molecule has 0 spiro atoms. The smallest absolute Gasteiger partial charge is 0.253 e. The molecule has 2 fully saturated rings. The van der Waals surface area contributed by atoms with Gasteiger partial charge in [-0.2, -0.15) is 0 Å². The van der Waals surface area contributed by atoms with Crippen molar-refractivity contribution in [3.05, 3.63) is 91.3 Å². The average molecular weight is 627 g/mol. The Bertz CT molecular complexity index is 1350. The van der Waals surface area contributed by atoms with Gasteiger partial charge < -0.3 is 10.2 Å². The van der Waals surface area contributed by atoms with Gasteiger partial charge in [-0.1, -0.05) is 52.5 Å². The first-order chi connectivity index (χ1) is 19.2. The van der Waals surface area contributed by atoms with Crippen LogP contribution in [0.4, 0.5) is 10.2 Å². The van der Waals surface area contributed by atoms with Crippen molar-refractivity contribution in [3.63, 3.8) is 0 Å². The highest BCUT2D eigenvalue weighted by Crippen LogP contribution is 2.27. The number of nitrogens with zero attached hydrogens (tertiary/aromatic N) is 4. The Morgan fingerprint density at radius 3 is 2.25 bits per heavy atom. The van der Waals surface area contributed by atoms with Crippen molar-refractivity contribution < 1.29 is 10.6 Å². The second-order valence-corrected chi connectivity index (χ2v) is 12.0. The number of amides is 1. The number of pyridine rings is 1. The van der Waals surface area contributed by atoms with Crippen molar-refractivity contribution in [1.82, 2.24) is 20.1 Å². The van der Waals surface area contributed by atoms with Gasteiger partial charge in [-0.05, 0) is 73.5 Å². The number of rotatable bonds is 7. The number of aromatic nitrogens is 1. The number of piperazine rings is 1. The number of nitrogens with one attached hydrogen (secondary N) is 1. The first-order valence-electron chi connectivity index (χ1n) is 13.3. The van der Waals surface area contributed by atoms with E-state index in [1.807, 2.05) is 6.07 Å². The number of carbonyl (C=O) groups excluding carboxylic acids is 1. The molecule has 1 amide bonds. The highest BCUT2D eigenvalue weighted by molar-refractivity contribution is 6.34. The summed E-state index contributed by atoms with van der Waals surface area (Å²) in [6.45, 7) is 6.48. The van der Waals surface area contributed by atoms with Crippen LogP contribution in [0.15, 0.2) is 48.7 Å². The van der Waals surface area contributed by atoms with Gasteiger partial charge >= 0.3 is 0 Å². The normalized spacial score (nSPS) is 17.3. The van der Waals surface area contributed by atoms with Crippen molar-refractivity contribution in [2.75, 3.05) is 44.2 Å². The maximum Gasteiger partial charge on any atom is 0.253 e. The standard InChI is InChI=1S/C29H30Cl4FN5O.H2/c30-22-11-20(12-23(31)15-22)16-36-29(40)21-14-26(33)28(35-17-21)39-9-7-38(8-10-39)24-3-5-37(6-4-24)18-19-1-2-25(32)27(34)13-19;/h1-2,11-15,17,24H,3-10,16,18H2,(H,36,40);1H. The van der Waals surface area contributed by atoms with E-state index in [1.54, 1.807) is 36.5 Å². The van der Waals surface area contributed by atoms with Crippen molar-refractivity contribution >= 4 is 58.1 Å². The summed E-state index contributed by atoms with van der Waals surface area (Å²) < 4.78 is 13.8. The summed E-state index contributed by atoms with van der Waals surface area (Å²) in [5, 5.41) is 4.51. The molecule has 2 saturated heterocycles. The van der Waals surface area contributed by atoms with Gasteiger partial charge in [-0.3, -0.25) is 14.6 Å². The summed E-state index contributed by atoms with van der Waals surface area (Å²) in [4.78, 5) is 24.3. The van der Waals surface area contributed by atoms with Crippen LogP contribution in [0.1, 0.15) is 35.8 Å². The van der Waals surface area contributed by atoms with E-state index in [1.165, 1.54) is 6.07 Å². The van der Waals surface area contributed by atoms with Gasteiger partial charge in [-0.25, -0.2) is 9.37 Å². The molecular formula is C29H32Cl4FN5O. The first-order valence-corrected chi connectivity index (χ1v) is 14.8. The lowest BCUT2D eigenvalue weighted by atomic mass is 10.0. The van der Waals surface area contributed by atoms with Crippen molar-refractivity contribution in [3.8, 4) is 0 Å². The fraction of sp³-hybridized carbons (Fsp3) is 0.379. The molecule has 0 atom stereocenters. The Hall–Kier alpha value is -2.13. The van der Waals surface area contributed by atoms with Gasteiger partial charge in [0.25, 0.3) is 5.91 Å². The zero-order valence-electron chi connectivity index (χ0n) is 21.9. The minimum absolute atomic E-state index is 0. The number of hydrogen-bond acceptors (Lipinski definition) is 5. The summed E-state index contributed by atoms with van der Waals surface area (Å²) in [6, 6.07) is 12.4. The number of carbonyl (C=O) groups is 1. The maximum absolute atomic E-state index is 13.8. The third-order valence-corrected chi connectivity index (χ3v) is 8.56. The van der Waals surface area contributed by atoms with Crippen LogP contribution in [0.3, 0.4) is 0 Å². The maximum atomic E-state index is 13.8. The molecule has 6 nitrogen and oxygen atoms in total. The second kappa shape index (κ2) is 13.2. The highest BCUT2D eigenvalue weighted by Gasteiger charge is 2.28. The Balaban J connectivity index is 0.00000387. The van der Waals surface area contributed by atoms with Gasteiger partial charge in [0.2, 0.25) is 0 Å². The summed E-state index contributed by atoms with van der Waals surface area (Å²) in [6.07, 6.45) is 3.73. The lowest BCUT2D eigenvalue weighted by Crippen LogP contribution is -2.53. The van der Waals surface area contributed by atoms with Crippen molar-refractivity contribution in [1.29, 1.82) is 0 Å². The van der Waals surface area contributed by atoms with E-state index in [4.69, 9.17) is 46.4 Å². The van der Waals surface area contributed by atoms with E-state index in [0.29, 0.717) is 39.0 Å². The lowest BCUT2D eigenvalue weighted by molar-refractivity contribution is 0.0950. The largest absolute Gasteiger partial charge is 0.353 e. The fourth-order valence-corrected chi connectivity index (χ4v) is 6.40. The molecule has 1 aromatic heterocycles. The molecule has 0 radical (unpaired) electrons. The van der Waals surface area contributed by atoms with E-state index in [9.17, 15) is 9.18 Å². The minimum atomic E-state index is -0.362. The van der Waals surface area contributed by atoms with Crippen LogP contribution in [-0.4, -0.2) is 66.0 Å². The second-order valence-electron chi connectivity index (χ2n) is 10.3. The van der Waals surface area contributed by atoms with Crippen LogP contribution in [0.5, 0.6) is 0 Å². The molecule has 40 heavy (non-hydrogen) atoms. The number of piperidine rings is 1. The molecule has 0 bridgehead atoms. The summed E-state index contributed by atoms with van der Waals surface area (Å²) in [5.41, 5.74) is 2.16. The molecule has 5 rings (SSSR count). The predicted octanol–water partition coefficient (Wildman–Crippen LogP) is 6.80. The van der Waals surface area contributed by atoms with Crippen LogP contribution in [0.2, 0.25) is 20.1 Å². The van der Waals surface area contributed by atoms with E-state index >= 15 is 0 Å². The third kappa shape index (κ3) is 7.38. The van der Waals surface area contributed by atoms with Crippen LogP contribution < -0.4 is 10.2 Å². The zero-order valence-corrected chi connectivity index (χ0v) is 24.9. The van der Waals surface area contributed by atoms with Gasteiger partial charge in [0.05, 0.1) is 15.6 Å². The van der Waals surface area contributed by atoms with Crippen LogP contribution in [-0.2, 0) is 13.1 Å². The summed E-state index contributed by atoms with van der Waals surface area (Å²) in [7, 11) is 0. The average Bonchev–Trinajstić information content (AvgIpc) is 2.94. The molecule has 2 aliphatic rings. The van der Waals surface area contributed by atoms with E-state index < -0.39 is 0 Å². The summed E-state index contributed by atoms with van der Waals surface area (Å²) in [5.74, 6) is 0.0675. The topological polar surface area (TPSA) is 51.7 Å². The molecule has 0 saturated carbocycles. The predicted molar refractivity (Wildman–Crippen MR) is 162 cm³/mol. The Morgan fingerprint density at radius 1 is 0.900 bits per heavy atom. The Kier molecular flexibility index (Phi) is 9.72. The molecule has 1 N–H and O–H groups in total. The van der Waals surface area contributed by atoms with Crippen molar-refractivity contribution in [2.24, 2.45) is 0 Å². The molecule has 2 aliphatic heterocycles. The summed E-state index contributed by atoms with van der Waals surface area (Å²) >= 11 is 24.5. The zero-order chi connectivity index (χ0) is 28.2. The van der Waals surface area contributed by atoms with Crippen LogP contribution in [0, 0.1) is 5.82 Å². The fourth-order valence-electron chi connectivity index (χ4n) is 5.42.